The van der Waals surface area contributed by atoms with E-state index < -0.39 is 17.3 Å². The van der Waals surface area contributed by atoms with Crippen LogP contribution in [-0.4, -0.2) is 39.7 Å². The summed E-state index contributed by atoms with van der Waals surface area (Å²) in [6.45, 7) is 6.74. The van der Waals surface area contributed by atoms with E-state index in [9.17, 15) is 18.0 Å². The van der Waals surface area contributed by atoms with E-state index in [1.165, 1.54) is 0 Å². The number of ether oxygens (including phenoxy) is 1. The number of aryl methyl sites for hydroxylation is 2. The van der Waals surface area contributed by atoms with Crippen LogP contribution in [0.2, 0.25) is 0 Å². The van der Waals surface area contributed by atoms with Gasteiger partial charge in [-0.3, -0.25) is 0 Å². The van der Waals surface area contributed by atoms with E-state index in [-0.39, 0.29) is 30.1 Å². The first-order chi connectivity index (χ1) is 17.5. The third-order valence-corrected chi connectivity index (χ3v) is 6.14. The van der Waals surface area contributed by atoms with Gasteiger partial charge in [0.1, 0.15) is 5.60 Å². The van der Waals surface area contributed by atoms with E-state index in [1.807, 2.05) is 75.4 Å². The molecule has 0 bridgehead atoms. The summed E-state index contributed by atoms with van der Waals surface area (Å²) in [5.41, 5.74) is 1.29. The second-order valence-corrected chi connectivity index (χ2v) is 10.2. The number of benzene rings is 2. The second-order valence-electron chi connectivity index (χ2n) is 10.2. The molecule has 1 N–H and O–H groups in total. The smallest absolute Gasteiger partial charge is 0.419 e. The lowest BCUT2D eigenvalue weighted by molar-refractivity contribution is -0.138. The van der Waals surface area contributed by atoms with Crippen molar-refractivity contribution in [1.29, 1.82) is 0 Å². The quantitative estimate of drug-likeness (QED) is 0.396. The number of anilines is 2. The van der Waals surface area contributed by atoms with Gasteiger partial charge in [0.15, 0.2) is 0 Å². The number of nitrogens with zero attached hydrogens (tertiary/aromatic N) is 3. The van der Waals surface area contributed by atoms with Crippen LogP contribution in [0.3, 0.4) is 0 Å². The lowest BCUT2D eigenvalue weighted by Gasteiger charge is -2.24. The number of likely N-dealkylation sites (tertiary alicyclic amines) is 1. The van der Waals surface area contributed by atoms with E-state index in [4.69, 9.17) is 4.74 Å². The van der Waals surface area contributed by atoms with Gasteiger partial charge in [-0.25, -0.2) is 14.8 Å². The summed E-state index contributed by atoms with van der Waals surface area (Å²) in [5.74, 6) is 0.300. The molecule has 1 fully saturated rings. The van der Waals surface area contributed by atoms with Crippen molar-refractivity contribution in [3.8, 4) is 0 Å². The highest BCUT2D eigenvalue weighted by Gasteiger charge is 2.35. The molecule has 0 saturated carbocycles. The van der Waals surface area contributed by atoms with Crippen molar-refractivity contribution >= 4 is 17.7 Å². The van der Waals surface area contributed by atoms with Gasteiger partial charge in [-0.05, 0) is 63.3 Å². The molecule has 3 aromatic rings. The van der Waals surface area contributed by atoms with E-state index in [0.717, 1.165) is 23.7 Å². The van der Waals surface area contributed by atoms with E-state index in [0.29, 0.717) is 25.2 Å². The van der Waals surface area contributed by atoms with Gasteiger partial charge < -0.3 is 15.0 Å². The van der Waals surface area contributed by atoms with Crippen LogP contribution < -0.4 is 5.32 Å². The maximum absolute atomic E-state index is 13.6. The molecule has 1 aliphatic heterocycles. The van der Waals surface area contributed by atoms with Crippen molar-refractivity contribution in [2.45, 2.75) is 57.7 Å². The number of hydrogen-bond acceptors (Lipinski definition) is 5. The number of amides is 1. The van der Waals surface area contributed by atoms with Gasteiger partial charge >= 0.3 is 12.3 Å². The number of hydrogen-bond donors (Lipinski definition) is 1. The molecule has 2 heterocycles. The van der Waals surface area contributed by atoms with E-state index >= 15 is 0 Å². The van der Waals surface area contributed by atoms with E-state index in [2.05, 4.69) is 15.3 Å². The Kier molecular flexibility index (Phi) is 7.71. The number of rotatable bonds is 6. The summed E-state index contributed by atoms with van der Waals surface area (Å²) < 4.78 is 46.1. The molecule has 1 aromatic heterocycles. The summed E-state index contributed by atoms with van der Waals surface area (Å²) in [6, 6.07) is 16.9. The van der Waals surface area contributed by atoms with Crippen LogP contribution in [0.5, 0.6) is 0 Å². The van der Waals surface area contributed by atoms with Crippen molar-refractivity contribution in [1.82, 2.24) is 14.9 Å². The fourth-order valence-corrected chi connectivity index (χ4v) is 4.30. The number of aromatic nitrogens is 2. The number of halogens is 3. The molecule has 1 saturated heterocycles. The normalized spacial score (nSPS) is 16.1. The summed E-state index contributed by atoms with van der Waals surface area (Å²) in [7, 11) is 0. The third-order valence-electron chi connectivity index (χ3n) is 6.14. The van der Waals surface area contributed by atoms with Crippen molar-refractivity contribution in [2.75, 3.05) is 18.4 Å². The van der Waals surface area contributed by atoms with Crippen LogP contribution in [0, 0.1) is 0 Å². The monoisotopic (exact) mass is 512 g/mol. The Hall–Kier alpha value is -3.62. The largest absolute Gasteiger partial charge is 0.444 e. The Balaban J connectivity index is 1.42. The zero-order chi connectivity index (χ0) is 26.6. The van der Waals surface area contributed by atoms with Gasteiger partial charge in [-0.15, -0.1) is 0 Å². The van der Waals surface area contributed by atoms with Crippen LogP contribution in [0.1, 0.15) is 55.5 Å². The molecule has 2 aromatic carbocycles. The molecule has 0 radical (unpaired) electrons. The van der Waals surface area contributed by atoms with Crippen LogP contribution >= 0.6 is 0 Å². The van der Waals surface area contributed by atoms with Crippen LogP contribution in [0.15, 0.2) is 60.8 Å². The number of nitrogens with one attached hydrogen (secondary N) is 1. The van der Waals surface area contributed by atoms with Gasteiger partial charge in [0.2, 0.25) is 5.95 Å². The first-order valence-electron chi connectivity index (χ1n) is 12.3. The highest BCUT2D eigenvalue weighted by atomic mass is 19.4. The minimum atomic E-state index is -4.53. The lowest BCUT2D eigenvalue weighted by Crippen LogP contribution is -2.35. The number of alkyl halides is 3. The lowest BCUT2D eigenvalue weighted by atomic mass is 9.98. The Bertz CT molecular complexity index is 1210. The van der Waals surface area contributed by atoms with Crippen LogP contribution in [-0.2, 0) is 23.8 Å². The molecule has 37 heavy (non-hydrogen) atoms. The Morgan fingerprint density at radius 2 is 1.76 bits per heavy atom. The van der Waals surface area contributed by atoms with Crippen molar-refractivity contribution in [3.05, 3.63) is 83.2 Å². The first kappa shape index (κ1) is 26.4. The first-order valence-corrected chi connectivity index (χ1v) is 12.3. The Morgan fingerprint density at radius 3 is 2.41 bits per heavy atom. The average Bonchev–Trinajstić information content (AvgIpc) is 3.33. The third kappa shape index (κ3) is 7.21. The minimum absolute atomic E-state index is 0.0429. The summed E-state index contributed by atoms with van der Waals surface area (Å²) in [5, 5.41) is 3.02. The zero-order valence-corrected chi connectivity index (χ0v) is 21.2. The van der Waals surface area contributed by atoms with Crippen LogP contribution in [0.25, 0.3) is 0 Å². The molecule has 1 unspecified atom stereocenters. The molecule has 196 valence electrons. The van der Waals surface area contributed by atoms with Gasteiger partial charge in [0, 0.05) is 30.9 Å². The van der Waals surface area contributed by atoms with Crippen LogP contribution in [0.4, 0.5) is 29.6 Å². The molecule has 9 heteroatoms. The summed E-state index contributed by atoms with van der Waals surface area (Å²) in [6.07, 6.45) is -2.58. The van der Waals surface area contributed by atoms with Gasteiger partial charge in [0.25, 0.3) is 0 Å². The molecular formula is C28H31F3N4O2. The molecular weight excluding hydrogens is 481 g/mol. The predicted molar refractivity (Wildman–Crippen MR) is 136 cm³/mol. The van der Waals surface area contributed by atoms with E-state index in [1.54, 1.807) is 4.90 Å². The molecule has 0 spiro atoms. The number of carbonyl (C=O) groups is 1. The molecule has 4 rings (SSSR count). The molecule has 1 atom stereocenters. The van der Waals surface area contributed by atoms with Gasteiger partial charge in [-0.2, -0.15) is 13.2 Å². The van der Waals surface area contributed by atoms with Crippen molar-refractivity contribution in [3.63, 3.8) is 0 Å². The standard InChI is InChI=1S/C28H31F3N4O2/c1-27(2,3)37-26(36)35-16-15-21(18-35)20-10-12-22(13-11-20)33-25-32-17-23(28(29,30)31)24(34-25)14-9-19-7-5-4-6-8-19/h4-8,10-13,17,21H,9,14-16,18H2,1-3H3,(H,32,33,34). The zero-order valence-electron chi connectivity index (χ0n) is 21.2. The Labute approximate surface area is 214 Å². The molecule has 1 amide bonds. The fraction of sp³-hybridized carbons (Fsp3) is 0.393. The average molecular weight is 513 g/mol. The van der Waals surface area contributed by atoms with Gasteiger partial charge in [0.05, 0.1) is 11.3 Å². The van der Waals surface area contributed by atoms with Gasteiger partial charge in [-0.1, -0.05) is 42.5 Å². The summed E-state index contributed by atoms with van der Waals surface area (Å²) in [4.78, 5) is 22.2. The number of carbonyl (C=O) groups excluding carboxylic acids is 1. The maximum Gasteiger partial charge on any atom is 0.419 e. The predicted octanol–water partition coefficient (Wildman–Crippen LogP) is 6.75. The Morgan fingerprint density at radius 1 is 1.05 bits per heavy atom. The molecule has 0 aliphatic carbocycles. The SMILES string of the molecule is CC(C)(C)OC(=O)N1CCC(c2ccc(Nc3ncc(C(F)(F)F)c(CCc4ccccc4)n3)cc2)C1. The van der Waals surface area contributed by atoms with Crippen molar-refractivity contribution < 1.29 is 22.7 Å². The summed E-state index contributed by atoms with van der Waals surface area (Å²) >= 11 is 0. The maximum atomic E-state index is 13.6. The van der Waals surface area contributed by atoms with Crippen molar-refractivity contribution in [2.24, 2.45) is 0 Å². The molecule has 1 aliphatic rings. The highest BCUT2D eigenvalue weighted by molar-refractivity contribution is 5.68. The second kappa shape index (κ2) is 10.8. The minimum Gasteiger partial charge on any atom is -0.444 e. The topological polar surface area (TPSA) is 67.3 Å². The molecule has 6 nitrogen and oxygen atoms in total. The highest BCUT2D eigenvalue weighted by Crippen LogP contribution is 2.33. The fourth-order valence-electron chi connectivity index (χ4n) is 4.30.